The summed E-state index contributed by atoms with van der Waals surface area (Å²) in [6.07, 6.45) is -0.189. The largest absolute Gasteiger partial charge is 0.459 e. The smallest absolute Gasteiger partial charge is 0.338 e. The summed E-state index contributed by atoms with van der Waals surface area (Å²) < 4.78 is 17.9. The van der Waals surface area contributed by atoms with Gasteiger partial charge in [-0.1, -0.05) is 0 Å². The van der Waals surface area contributed by atoms with Gasteiger partial charge in [0.15, 0.2) is 0 Å². The van der Waals surface area contributed by atoms with Gasteiger partial charge in [-0.2, -0.15) is 0 Å². The molecule has 114 valence electrons. The van der Waals surface area contributed by atoms with Crippen LogP contribution in [0.25, 0.3) is 0 Å². The molecule has 0 aromatic heterocycles. The number of halogens is 1. The highest BCUT2D eigenvalue weighted by atomic mass is 19.1. The summed E-state index contributed by atoms with van der Waals surface area (Å²) >= 11 is 0. The van der Waals surface area contributed by atoms with Crippen molar-refractivity contribution < 1.29 is 18.7 Å². The lowest BCUT2D eigenvalue weighted by Crippen LogP contribution is -2.13. The van der Waals surface area contributed by atoms with Crippen LogP contribution in [-0.2, 0) is 4.74 Å². The zero-order chi connectivity index (χ0) is 16.1. The van der Waals surface area contributed by atoms with Crippen LogP contribution in [-0.4, -0.2) is 18.0 Å². The first-order chi connectivity index (χ1) is 10.5. The maximum absolute atomic E-state index is 12.8. The molecule has 22 heavy (non-hydrogen) atoms. The van der Waals surface area contributed by atoms with E-state index in [1.807, 2.05) is 0 Å². The first-order valence-electron chi connectivity index (χ1n) is 6.83. The third-order valence-electron chi connectivity index (χ3n) is 2.83. The van der Waals surface area contributed by atoms with Gasteiger partial charge in [0.25, 0.3) is 5.91 Å². The monoisotopic (exact) mass is 301 g/mol. The van der Waals surface area contributed by atoms with Gasteiger partial charge < -0.3 is 10.1 Å². The van der Waals surface area contributed by atoms with Crippen LogP contribution in [0.5, 0.6) is 0 Å². The van der Waals surface area contributed by atoms with Crippen LogP contribution in [0.2, 0.25) is 0 Å². The van der Waals surface area contributed by atoms with Gasteiger partial charge in [-0.05, 0) is 62.4 Å². The summed E-state index contributed by atoms with van der Waals surface area (Å²) in [6, 6.07) is 11.6. The number of carbonyl (C=O) groups is 2. The van der Waals surface area contributed by atoms with E-state index in [1.54, 1.807) is 38.1 Å². The van der Waals surface area contributed by atoms with Crippen LogP contribution in [0.3, 0.4) is 0 Å². The van der Waals surface area contributed by atoms with E-state index >= 15 is 0 Å². The van der Waals surface area contributed by atoms with Crippen molar-refractivity contribution in [3.05, 3.63) is 65.5 Å². The van der Waals surface area contributed by atoms with Crippen molar-refractivity contribution in [1.82, 2.24) is 0 Å². The molecule has 0 aliphatic heterocycles. The maximum Gasteiger partial charge on any atom is 0.338 e. The predicted molar refractivity (Wildman–Crippen MR) is 81.3 cm³/mol. The molecule has 0 saturated heterocycles. The van der Waals surface area contributed by atoms with Gasteiger partial charge in [-0.25, -0.2) is 9.18 Å². The second kappa shape index (κ2) is 6.85. The molecule has 0 atom stereocenters. The fourth-order valence-corrected chi connectivity index (χ4v) is 1.78. The Kier molecular flexibility index (Phi) is 4.88. The molecule has 1 amide bonds. The number of nitrogens with one attached hydrogen (secondary N) is 1. The van der Waals surface area contributed by atoms with Crippen molar-refractivity contribution in [2.24, 2.45) is 0 Å². The number of hydrogen-bond acceptors (Lipinski definition) is 3. The number of esters is 1. The Bertz CT molecular complexity index is 663. The molecule has 0 aliphatic carbocycles. The Morgan fingerprint density at radius 1 is 0.955 bits per heavy atom. The Morgan fingerprint density at radius 3 is 2.05 bits per heavy atom. The van der Waals surface area contributed by atoms with Gasteiger partial charge in [-0.3, -0.25) is 4.79 Å². The molecule has 0 radical (unpaired) electrons. The summed E-state index contributed by atoms with van der Waals surface area (Å²) in [5.74, 6) is -1.16. The lowest BCUT2D eigenvalue weighted by molar-refractivity contribution is 0.0378. The molecule has 0 saturated carbocycles. The zero-order valence-electron chi connectivity index (χ0n) is 12.3. The minimum atomic E-state index is -0.411. The van der Waals surface area contributed by atoms with E-state index in [4.69, 9.17) is 4.74 Å². The summed E-state index contributed by atoms with van der Waals surface area (Å²) in [7, 11) is 0. The SMILES string of the molecule is CC(C)OC(=O)c1ccc(NC(=O)c2ccc(F)cc2)cc1. The van der Waals surface area contributed by atoms with Crippen molar-refractivity contribution in [1.29, 1.82) is 0 Å². The van der Waals surface area contributed by atoms with E-state index < -0.39 is 11.8 Å². The average Bonchev–Trinajstić information content (AvgIpc) is 2.48. The van der Waals surface area contributed by atoms with E-state index in [0.717, 1.165) is 0 Å². The summed E-state index contributed by atoms with van der Waals surface area (Å²) in [5.41, 5.74) is 1.30. The molecule has 0 unspecified atom stereocenters. The van der Waals surface area contributed by atoms with Crippen molar-refractivity contribution in [3.63, 3.8) is 0 Å². The first-order valence-corrected chi connectivity index (χ1v) is 6.83. The van der Waals surface area contributed by atoms with Crippen molar-refractivity contribution >= 4 is 17.6 Å². The molecule has 0 aliphatic rings. The van der Waals surface area contributed by atoms with Gasteiger partial charge in [0.05, 0.1) is 11.7 Å². The van der Waals surface area contributed by atoms with E-state index in [-0.39, 0.29) is 12.0 Å². The van der Waals surface area contributed by atoms with Crippen molar-refractivity contribution in [2.75, 3.05) is 5.32 Å². The molecule has 2 aromatic carbocycles. The first kappa shape index (κ1) is 15.7. The van der Waals surface area contributed by atoms with Gasteiger partial charge >= 0.3 is 5.97 Å². The second-order valence-electron chi connectivity index (χ2n) is 4.99. The van der Waals surface area contributed by atoms with Crippen molar-refractivity contribution in [3.8, 4) is 0 Å². The topological polar surface area (TPSA) is 55.4 Å². The number of anilines is 1. The standard InChI is InChI=1S/C17H16FNO3/c1-11(2)22-17(21)13-5-9-15(10-6-13)19-16(20)12-3-7-14(18)8-4-12/h3-11H,1-2H3,(H,19,20). The molecule has 2 rings (SSSR count). The van der Waals surface area contributed by atoms with Crippen molar-refractivity contribution in [2.45, 2.75) is 20.0 Å². The Morgan fingerprint density at radius 2 is 1.50 bits per heavy atom. The van der Waals surface area contributed by atoms with Crippen LogP contribution < -0.4 is 5.32 Å². The van der Waals surface area contributed by atoms with Gasteiger partial charge in [0, 0.05) is 11.3 Å². The van der Waals surface area contributed by atoms with E-state index in [2.05, 4.69) is 5.32 Å². The molecule has 2 aromatic rings. The van der Waals surface area contributed by atoms with Gasteiger partial charge in [0.2, 0.25) is 0 Å². The highest BCUT2D eigenvalue weighted by Gasteiger charge is 2.10. The number of ether oxygens (including phenoxy) is 1. The fraction of sp³-hybridized carbons (Fsp3) is 0.176. The lowest BCUT2D eigenvalue weighted by Gasteiger charge is -2.09. The highest BCUT2D eigenvalue weighted by molar-refractivity contribution is 6.04. The van der Waals surface area contributed by atoms with Crippen LogP contribution in [0.15, 0.2) is 48.5 Å². The minimum Gasteiger partial charge on any atom is -0.459 e. The predicted octanol–water partition coefficient (Wildman–Crippen LogP) is 3.64. The Hall–Kier alpha value is -2.69. The number of amides is 1. The molecule has 4 nitrogen and oxygen atoms in total. The minimum absolute atomic E-state index is 0.189. The highest BCUT2D eigenvalue weighted by Crippen LogP contribution is 2.13. The Labute approximate surface area is 127 Å². The van der Waals surface area contributed by atoms with Gasteiger partial charge in [-0.15, -0.1) is 0 Å². The van der Waals surface area contributed by atoms with Crippen LogP contribution >= 0.6 is 0 Å². The number of benzene rings is 2. The number of carbonyl (C=O) groups excluding carboxylic acids is 2. The number of hydrogen-bond donors (Lipinski definition) is 1. The van der Waals surface area contributed by atoms with Crippen LogP contribution in [0.1, 0.15) is 34.6 Å². The molecule has 0 bridgehead atoms. The summed E-state index contributed by atoms with van der Waals surface area (Å²) in [4.78, 5) is 23.7. The molecule has 0 heterocycles. The van der Waals surface area contributed by atoms with E-state index in [0.29, 0.717) is 16.8 Å². The Balaban J connectivity index is 2.03. The van der Waals surface area contributed by atoms with Crippen LogP contribution in [0, 0.1) is 5.82 Å². The third-order valence-corrected chi connectivity index (χ3v) is 2.83. The molecular weight excluding hydrogens is 285 g/mol. The molecule has 1 N–H and O–H groups in total. The van der Waals surface area contributed by atoms with E-state index in [9.17, 15) is 14.0 Å². The lowest BCUT2D eigenvalue weighted by atomic mass is 10.2. The quantitative estimate of drug-likeness (QED) is 0.877. The van der Waals surface area contributed by atoms with E-state index in [1.165, 1.54) is 24.3 Å². The van der Waals surface area contributed by atoms with Crippen LogP contribution in [0.4, 0.5) is 10.1 Å². The zero-order valence-corrected chi connectivity index (χ0v) is 12.3. The average molecular weight is 301 g/mol. The normalized spacial score (nSPS) is 10.4. The maximum atomic E-state index is 12.8. The molecule has 5 heteroatoms. The molecule has 0 spiro atoms. The third kappa shape index (κ3) is 4.15. The number of rotatable bonds is 4. The summed E-state index contributed by atoms with van der Waals surface area (Å²) in [6.45, 7) is 3.55. The fourth-order valence-electron chi connectivity index (χ4n) is 1.78. The molecular formula is C17H16FNO3. The second-order valence-corrected chi connectivity index (χ2v) is 4.99. The molecule has 0 fully saturated rings. The van der Waals surface area contributed by atoms with Gasteiger partial charge in [0.1, 0.15) is 5.82 Å². The summed E-state index contributed by atoms with van der Waals surface area (Å²) in [5, 5.41) is 2.67.